The van der Waals surface area contributed by atoms with Gasteiger partial charge in [-0.3, -0.25) is 19.5 Å². The Morgan fingerprint density at radius 2 is 2.03 bits per heavy atom. The molecule has 0 aliphatic heterocycles. The van der Waals surface area contributed by atoms with Crippen LogP contribution in [0.15, 0.2) is 45.6 Å². The van der Waals surface area contributed by atoms with Crippen molar-refractivity contribution in [2.45, 2.75) is 32.5 Å². The smallest absolute Gasteiger partial charge is 0.419 e. The minimum Gasteiger partial charge on any atom is -0.493 e. The van der Waals surface area contributed by atoms with Gasteiger partial charge in [-0.1, -0.05) is 6.07 Å². The van der Waals surface area contributed by atoms with Crippen LogP contribution < -0.4 is 20.5 Å². The van der Waals surface area contributed by atoms with Crippen molar-refractivity contribution in [2.75, 3.05) is 7.11 Å². The predicted molar refractivity (Wildman–Crippen MR) is 108 cm³/mol. The number of hydrogen-bond acceptors (Lipinski definition) is 7. The molecule has 0 spiro atoms. The monoisotopic (exact) mass is 451 g/mol. The van der Waals surface area contributed by atoms with Gasteiger partial charge in [-0.2, -0.15) is 8.78 Å². The number of rotatable bonds is 10. The number of alkyl halides is 2. The number of aryl methyl sites for hydroxylation is 1. The summed E-state index contributed by atoms with van der Waals surface area (Å²) in [7, 11) is 1.32. The van der Waals surface area contributed by atoms with E-state index in [2.05, 4.69) is 10.1 Å². The first kappa shape index (κ1) is 22.7. The number of non-ortho nitro benzene ring substituents is 1. The molecule has 0 saturated heterocycles. The van der Waals surface area contributed by atoms with Crippen LogP contribution in [0.2, 0.25) is 0 Å². The summed E-state index contributed by atoms with van der Waals surface area (Å²) in [5, 5.41) is 13.5. The highest BCUT2D eigenvalue weighted by Gasteiger charge is 2.15. The fourth-order valence-corrected chi connectivity index (χ4v) is 3.08. The molecule has 2 aromatic carbocycles. The van der Waals surface area contributed by atoms with Gasteiger partial charge < -0.3 is 19.2 Å². The van der Waals surface area contributed by atoms with Crippen LogP contribution >= 0.6 is 0 Å². The average molecular weight is 451 g/mol. The maximum absolute atomic E-state index is 12.4. The zero-order valence-corrected chi connectivity index (χ0v) is 16.9. The van der Waals surface area contributed by atoms with Crippen LogP contribution in [0.25, 0.3) is 11.1 Å². The predicted octanol–water partition coefficient (Wildman–Crippen LogP) is 3.21. The Labute approximate surface area is 179 Å². The molecule has 0 atom stereocenters. The van der Waals surface area contributed by atoms with E-state index in [1.54, 1.807) is 0 Å². The lowest BCUT2D eigenvalue weighted by Gasteiger charge is -2.12. The Morgan fingerprint density at radius 1 is 1.25 bits per heavy atom. The van der Waals surface area contributed by atoms with E-state index in [1.165, 1.54) is 48.1 Å². The van der Waals surface area contributed by atoms with Crippen molar-refractivity contribution in [2.24, 2.45) is 0 Å². The van der Waals surface area contributed by atoms with Crippen molar-refractivity contribution in [3.8, 4) is 11.5 Å². The number of carbonyl (C=O) groups excluding carboxylic acids is 1. The van der Waals surface area contributed by atoms with Crippen LogP contribution in [0.5, 0.6) is 11.5 Å². The van der Waals surface area contributed by atoms with Crippen LogP contribution in [-0.2, 0) is 17.9 Å². The summed E-state index contributed by atoms with van der Waals surface area (Å²) in [6.07, 6.45) is 0.428. The Hall–Kier alpha value is -3.96. The molecular formula is C20H19F2N3O7. The largest absolute Gasteiger partial charge is 0.493 e. The van der Waals surface area contributed by atoms with Gasteiger partial charge in [0.1, 0.15) is 0 Å². The van der Waals surface area contributed by atoms with E-state index in [-0.39, 0.29) is 48.2 Å². The van der Waals surface area contributed by atoms with E-state index < -0.39 is 17.3 Å². The zero-order valence-electron chi connectivity index (χ0n) is 16.9. The lowest BCUT2D eigenvalue weighted by molar-refractivity contribution is -0.384. The molecule has 0 bridgehead atoms. The summed E-state index contributed by atoms with van der Waals surface area (Å²) in [6.45, 7) is -2.66. The summed E-state index contributed by atoms with van der Waals surface area (Å²) in [5.41, 5.74) is 0.930. The van der Waals surface area contributed by atoms with E-state index in [4.69, 9.17) is 9.15 Å². The third-order valence-corrected chi connectivity index (χ3v) is 4.58. The highest BCUT2D eigenvalue weighted by Crippen LogP contribution is 2.29. The van der Waals surface area contributed by atoms with E-state index in [0.29, 0.717) is 17.5 Å². The molecule has 1 N–H and O–H groups in total. The first-order chi connectivity index (χ1) is 15.3. The molecule has 0 radical (unpaired) electrons. The van der Waals surface area contributed by atoms with Crippen LogP contribution in [0.4, 0.5) is 14.5 Å². The van der Waals surface area contributed by atoms with Gasteiger partial charge in [-0.05, 0) is 30.2 Å². The minimum absolute atomic E-state index is 0.0990. The van der Waals surface area contributed by atoms with Crippen LogP contribution in [0.3, 0.4) is 0 Å². The normalized spacial score (nSPS) is 11.0. The third kappa shape index (κ3) is 5.39. The third-order valence-electron chi connectivity index (χ3n) is 4.58. The summed E-state index contributed by atoms with van der Waals surface area (Å²) in [5.74, 6) is -0.948. The topological polar surface area (TPSA) is 126 Å². The second kappa shape index (κ2) is 9.90. The molecule has 0 aliphatic rings. The van der Waals surface area contributed by atoms with Gasteiger partial charge in [-0.15, -0.1) is 0 Å². The van der Waals surface area contributed by atoms with Crippen LogP contribution in [0, 0.1) is 10.1 Å². The number of carbonyl (C=O) groups is 1. The van der Waals surface area contributed by atoms with E-state index in [9.17, 15) is 28.5 Å². The number of amides is 1. The van der Waals surface area contributed by atoms with Crippen molar-refractivity contribution in [3.63, 3.8) is 0 Å². The molecule has 32 heavy (non-hydrogen) atoms. The summed E-state index contributed by atoms with van der Waals surface area (Å²) < 4.78 is 40.5. The molecular weight excluding hydrogens is 432 g/mol. The van der Waals surface area contributed by atoms with Gasteiger partial charge in [0.05, 0.1) is 23.6 Å². The SMILES string of the molecule is COc1cc(CNC(=O)CCCn2c(=O)oc3cc([N+](=O)[O-])ccc32)ccc1OC(F)F. The Balaban J connectivity index is 1.54. The number of methoxy groups -OCH3 is 1. The molecule has 3 aromatic rings. The van der Waals surface area contributed by atoms with Gasteiger partial charge in [0.2, 0.25) is 5.91 Å². The van der Waals surface area contributed by atoms with E-state index in [0.717, 1.165) is 0 Å². The van der Waals surface area contributed by atoms with E-state index in [1.807, 2.05) is 0 Å². The number of fused-ring (bicyclic) bond motifs is 1. The Bertz CT molecular complexity index is 1190. The van der Waals surface area contributed by atoms with Gasteiger partial charge in [-0.25, -0.2) is 4.79 Å². The first-order valence-corrected chi connectivity index (χ1v) is 9.44. The second-order valence-electron chi connectivity index (χ2n) is 6.67. The highest BCUT2D eigenvalue weighted by atomic mass is 19.3. The number of halogens is 2. The lowest BCUT2D eigenvalue weighted by Crippen LogP contribution is -2.23. The second-order valence-corrected chi connectivity index (χ2v) is 6.67. The number of ether oxygens (including phenoxy) is 2. The fourth-order valence-electron chi connectivity index (χ4n) is 3.08. The molecule has 0 unspecified atom stereocenters. The Kier molecular flexibility index (Phi) is 7.03. The maximum Gasteiger partial charge on any atom is 0.419 e. The number of hydrogen-bond donors (Lipinski definition) is 1. The maximum atomic E-state index is 12.4. The van der Waals surface area contributed by atoms with E-state index >= 15 is 0 Å². The quantitative estimate of drug-likeness (QED) is 0.371. The van der Waals surface area contributed by atoms with Crippen molar-refractivity contribution >= 4 is 22.7 Å². The molecule has 3 rings (SSSR count). The number of nitro benzene ring substituents is 1. The first-order valence-electron chi connectivity index (χ1n) is 9.44. The van der Waals surface area contributed by atoms with Crippen molar-refractivity contribution < 1.29 is 32.4 Å². The van der Waals surface area contributed by atoms with Gasteiger partial charge in [0.25, 0.3) is 5.69 Å². The molecule has 170 valence electrons. The van der Waals surface area contributed by atoms with Crippen molar-refractivity contribution in [1.82, 2.24) is 9.88 Å². The number of nitro groups is 1. The summed E-state index contributed by atoms with van der Waals surface area (Å²) in [4.78, 5) is 34.4. The molecule has 1 heterocycles. The molecule has 12 heteroatoms. The summed E-state index contributed by atoms with van der Waals surface area (Å²) in [6, 6.07) is 8.20. The zero-order chi connectivity index (χ0) is 23.3. The average Bonchev–Trinajstić information content (AvgIpc) is 3.07. The van der Waals surface area contributed by atoms with Gasteiger partial charge in [0.15, 0.2) is 17.1 Å². The highest BCUT2D eigenvalue weighted by molar-refractivity contribution is 5.76. The standard InChI is InChI=1S/C20H19F2N3O7/c1-30-17-9-12(4-7-15(17)31-19(21)22)11-23-18(26)3-2-8-24-14-6-5-13(25(28)29)10-16(14)32-20(24)27/h4-7,9-10,19H,2-3,8,11H2,1H3,(H,23,26). The Morgan fingerprint density at radius 3 is 2.72 bits per heavy atom. The molecule has 0 aliphatic carbocycles. The van der Waals surface area contributed by atoms with Crippen molar-refractivity contribution in [1.29, 1.82) is 0 Å². The number of aromatic nitrogens is 1. The number of nitrogens with zero attached hydrogens (tertiary/aromatic N) is 2. The molecule has 0 saturated carbocycles. The number of benzene rings is 2. The van der Waals surface area contributed by atoms with Crippen LogP contribution in [-0.4, -0.2) is 29.1 Å². The molecule has 1 aromatic heterocycles. The lowest BCUT2D eigenvalue weighted by atomic mass is 10.2. The number of nitrogens with one attached hydrogen (secondary N) is 1. The minimum atomic E-state index is -2.98. The molecule has 1 amide bonds. The summed E-state index contributed by atoms with van der Waals surface area (Å²) >= 11 is 0. The van der Waals surface area contributed by atoms with Crippen LogP contribution in [0.1, 0.15) is 18.4 Å². The van der Waals surface area contributed by atoms with Crippen molar-refractivity contribution in [3.05, 3.63) is 62.6 Å². The molecule has 0 fully saturated rings. The van der Waals surface area contributed by atoms with Gasteiger partial charge >= 0.3 is 12.4 Å². The van der Waals surface area contributed by atoms with Gasteiger partial charge in [0, 0.05) is 25.6 Å². The molecule has 10 nitrogen and oxygen atoms in total. The number of oxazole rings is 1. The fraction of sp³-hybridized carbons (Fsp3) is 0.300.